The molecule has 0 unspecified atom stereocenters. The van der Waals surface area contributed by atoms with E-state index in [1.54, 1.807) is 30.3 Å². The van der Waals surface area contributed by atoms with Crippen molar-refractivity contribution < 1.29 is 13.2 Å². The molecule has 0 heterocycles. The Morgan fingerprint density at radius 3 is 1.97 bits per heavy atom. The van der Waals surface area contributed by atoms with E-state index < -0.39 is 10.0 Å². The summed E-state index contributed by atoms with van der Waals surface area (Å²) >= 11 is 0. The van der Waals surface area contributed by atoms with Gasteiger partial charge in [0.2, 0.25) is 15.9 Å². The summed E-state index contributed by atoms with van der Waals surface area (Å²) in [5.74, 6) is -0.208. The van der Waals surface area contributed by atoms with Crippen LogP contribution >= 0.6 is 0 Å². The third-order valence-corrected chi connectivity index (χ3v) is 6.96. The van der Waals surface area contributed by atoms with Crippen molar-refractivity contribution in [3.05, 3.63) is 65.2 Å². The molecule has 5 nitrogen and oxygen atoms in total. The van der Waals surface area contributed by atoms with Gasteiger partial charge in [0.15, 0.2) is 0 Å². The summed E-state index contributed by atoms with van der Waals surface area (Å²) in [5, 5.41) is 2.99. The zero-order valence-electron chi connectivity index (χ0n) is 17.6. The van der Waals surface area contributed by atoms with Gasteiger partial charge in [-0.25, -0.2) is 8.42 Å². The second-order valence-electron chi connectivity index (χ2n) is 6.64. The van der Waals surface area contributed by atoms with Crippen molar-refractivity contribution in [2.45, 2.75) is 45.4 Å². The lowest BCUT2D eigenvalue weighted by molar-refractivity contribution is -0.111. The summed E-state index contributed by atoms with van der Waals surface area (Å²) in [7, 11) is -3.48. The van der Waals surface area contributed by atoms with Gasteiger partial charge in [0.1, 0.15) is 0 Å². The molecule has 2 aromatic rings. The van der Waals surface area contributed by atoms with Gasteiger partial charge in [-0.05, 0) is 47.7 Å². The molecule has 0 aliphatic rings. The lowest BCUT2D eigenvalue weighted by atomic mass is 10.0. The highest BCUT2D eigenvalue weighted by Crippen LogP contribution is 2.23. The quantitative estimate of drug-likeness (QED) is 0.615. The van der Waals surface area contributed by atoms with E-state index >= 15 is 0 Å². The van der Waals surface area contributed by atoms with Crippen LogP contribution in [0.2, 0.25) is 0 Å². The Kier molecular flexibility index (Phi) is 8.17. The Labute approximate surface area is 174 Å². The molecule has 2 rings (SSSR count). The number of sulfonamides is 1. The standard InChI is InChI=1S/C23H30N2O3S/c1-5-19-10-9-11-20(6-2)23(19)24-22(26)17-14-18-12-15-21(16-13-18)29(27,28)25(7-3)8-4/h9-17H,5-8H2,1-4H3,(H,24,26)/b17-14+. The minimum Gasteiger partial charge on any atom is -0.322 e. The number of hydrogen-bond donors (Lipinski definition) is 1. The summed E-state index contributed by atoms with van der Waals surface area (Å²) in [4.78, 5) is 12.7. The number of hydrogen-bond acceptors (Lipinski definition) is 3. The first-order chi connectivity index (χ1) is 13.9. The van der Waals surface area contributed by atoms with Gasteiger partial charge in [-0.3, -0.25) is 4.79 Å². The number of anilines is 1. The van der Waals surface area contributed by atoms with E-state index in [1.807, 2.05) is 32.0 Å². The van der Waals surface area contributed by atoms with Crippen LogP contribution in [0, 0.1) is 0 Å². The molecule has 1 amide bonds. The van der Waals surface area contributed by atoms with Crippen molar-refractivity contribution in [1.82, 2.24) is 4.31 Å². The third-order valence-electron chi connectivity index (χ3n) is 4.90. The summed E-state index contributed by atoms with van der Waals surface area (Å²) in [6, 6.07) is 12.6. The molecule has 0 aliphatic carbocycles. The molecule has 156 valence electrons. The molecule has 0 fully saturated rings. The molecule has 0 spiro atoms. The summed E-state index contributed by atoms with van der Waals surface area (Å²) in [6.45, 7) is 8.62. The van der Waals surface area contributed by atoms with Gasteiger partial charge in [0, 0.05) is 24.9 Å². The summed E-state index contributed by atoms with van der Waals surface area (Å²) in [5.41, 5.74) is 3.86. The second kappa shape index (κ2) is 10.4. The van der Waals surface area contributed by atoms with Crippen LogP contribution in [0.25, 0.3) is 6.08 Å². The number of nitrogens with zero attached hydrogens (tertiary/aromatic N) is 1. The van der Waals surface area contributed by atoms with E-state index in [0.717, 1.165) is 35.2 Å². The molecular formula is C23H30N2O3S. The first-order valence-electron chi connectivity index (χ1n) is 10.1. The van der Waals surface area contributed by atoms with Gasteiger partial charge in [-0.1, -0.05) is 58.0 Å². The van der Waals surface area contributed by atoms with Crippen molar-refractivity contribution in [3.8, 4) is 0 Å². The van der Waals surface area contributed by atoms with Crippen molar-refractivity contribution in [3.63, 3.8) is 0 Å². The van der Waals surface area contributed by atoms with Gasteiger partial charge in [0.05, 0.1) is 4.90 Å². The Hall–Kier alpha value is -2.44. The normalized spacial score (nSPS) is 11.9. The average Bonchev–Trinajstić information content (AvgIpc) is 2.73. The SMILES string of the molecule is CCc1cccc(CC)c1NC(=O)/C=C/c1ccc(S(=O)(=O)N(CC)CC)cc1. The number of aryl methyl sites for hydroxylation is 2. The summed E-state index contributed by atoms with van der Waals surface area (Å²) < 4.78 is 26.5. The predicted molar refractivity (Wildman–Crippen MR) is 119 cm³/mol. The Morgan fingerprint density at radius 2 is 1.48 bits per heavy atom. The van der Waals surface area contributed by atoms with E-state index in [4.69, 9.17) is 0 Å². The first-order valence-corrected chi connectivity index (χ1v) is 11.5. The molecule has 29 heavy (non-hydrogen) atoms. The molecule has 2 aromatic carbocycles. The topological polar surface area (TPSA) is 66.5 Å². The highest BCUT2D eigenvalue weighted by Gasteiger charge is 2.20. The number of nitrogens with one attached hydrogen (secondary N) is 1. The number of rotatable bonds is 9. The molecule has 0 aliphatic heterocycles. The fraction of sp³-hybridized carbons (Fsp3) is 0.348. The van der Waals surface area contributed by atoms with Crippen LogP contribution in [0.5, 0.6) is 0 Å². The second-order valence-corrected chi connectivity index (χ2v) is 8.58. The highest BCUT2D eigenvalue weighted by molar-refractivity contribution is 7.89. The molecular weight excluding hydrogens is 384 g/mol. The lowest BCUT2D eigenvalue weighted by Gasteiger charge is -2.18. The highest BCUT2D eigenvalue weighted by atomic mass is 32.2. The molecule has 0 saturated carbocycles. The van der Waals surface area contributed by atoms with Gasteiger partial charge in [-0.2, -0.15) is 4.31 Å². The maximum absolute atomic E-state index is 12.5. The van der Waals surface area contributed by atoms with E-state index in [1.165, 1.54) is 10.4 Å². The van der Waals surface area contributed by atoms with E-state index in [2.05, 4.69) is 19.2 Å². The van der Waals surface area contributed by atoms with Crippen LogP contribution in [0.4, 0.5) is 5.69 Å². The number of carbonyl (C=O) groups excluding carboxylic acids is 1. The monoisotopic (exact) mass is 414 g/mol. The predicted octanol–water partition coefficient (Wildman–Crippen LogP) is 4.49. The zero-order valence-corrected chi connectivity index (χ0v) is 18.4. The fourth-order valence-corrected chi connectivity index (χ4v) is 4.66. The Bertz CT molecular complexity index is 938. The molecule has 0 aromatic heterocycles. The number of benzene rings is 2. The van der Waals surface area contributed by atoms with Crippen LogP contribution in [0.15, 0.2) is 53.4 Å². The molecule has 0 bridgehead atoms. The van der Waals surface area contributed by atoms with Crippen molar-refractivity contribution >= 4 is 27.7 Å². The number of amides is 1. The maximum Gasteiger partial charge on any atom is 0.248 e. The number of carbonyl (C=O) groups is 1. The minimum atomic E-state index is -3.48. The first kappa shape index (κ1) is 22.8. The van der Waals surface area contributed by atoms with Gasteiger partial charge < -0.3 is 5.32 Å². The van der Waals surface area contributed by atoms with Crippen LogP contribution < -0.4 is 5.32 Å². The van der Waals surface area contributed by atoms with Crippen molar-refractivity contribution in [1.29, 1.82) is 0 Å². The van der Waals surface area contributed by atoms with Gasteiger partial charge in [-0.15, -0.1) is 0 Å². The zero-order chi connectivity index (χ0) is 21.4. The molecule has 0 radical (unpaired) electrons. The van der Waals surface area contributed by atoms with E-state index in [9.17, 15) is 13.2 Å². The van der Waals surface area contributed by atoms with Crippen molar-refractivity contribution in [2.24, 2.45) is 0 Å². The van der Waals surface area contributed by atoms with E-state index in [-0.39, 0.29) is 10.8 Å². The number of para-hydroxylation sites is 1. The molecule has 1 N–H and O–H groups in total. The Balaban J connectivity index is 2.14. The largest absolute Gasteiger partial charge is 0.322 e. The minimum absolute atomic E-state index is 0.208. The van der Waals surface area contributed by atoms with Crippen LogP contribution in [0.1, 0.15) is 44.4 Å². The van der Waals surface area contributed by atoms with Crippen LogP contribution in [-0.2, 0) is 27.7 Å². The van der Waals surface area contributed by atoms with Gasteiger partial charge >= 0.3 is 0 Å². The Morgan fingerprint density at radius 1 is 0.931 bits per heavy atom. The fourth-order valence-electron chi connectivity index (χ4n) is 3.20. The van der Waals surface area contributed by atoms with Gasteiger partial charge in [0.25, 0.3) is 0 Å². The average molecular weight is 415 g/mol. The smallest absolute Gasteiger partial charge is 0.248 e. The molecule has 6 heteroatoms. The molecule has 0 saturated heterocycles. The van der Waals surface area contributed by atoms with Crippen molar-refractivity contribution in [2.75, 3.05) is 18.4 Å². The van der Waals surface area contributed by atoms with E-state index in [0.29, 0.717) is 13.1 Å². The lowest BCUT2D eigenvalue weighted by Crippen LogP contribution is -2.30. The molecule has 0 atom stereocenters. The van der Waals surface area contributed by atoms with Crippen LogP contribution in [0.3, 0.4) is 0 Å². The van der Waals surface area contributed by atoms with Crippen LogP contribution in [-0.4, -0.2) is 31.7 Å². The third kappa shape index (κ3) is 5.55. The summed E-state index contributed by atoms with van der Waals surface area (Å²) in [6.07, 6.45) is 4.84. The maximum atomic E-state index is 12.5.